The first-order valence-corrected chi connectivity index (χ1v) is 10.2. The predicted octanol–water partition coefficient (Wildman–Crippen LogP) is 6.60. The maximum absolute atomic E-state index is 12.3. The Hall–Kier alpha value is -1.88. The van der Waals surface area contributed by atoms with Crippen molar-refractivity contribution in [3.63, 3.8) is 0 Å². The van der Waals surface area contributed by atoms with Crippen molar-refractivity contribution in [2.45, 2.75) is 32.6 Å². The lowest BCUT2D eigenvalue weighted by atomic mass is 9.87. The molecule has 1 aromatic heterocycles. The van der Waals surface area contributed by atoms with Gasteiger partial charge in [0.1, 0.15) is 5.01 Å². The molecule has 2 aromatic carbocycles. The van der Waals surface area contributed by atoms with E-state index < -0.39 is 0 Å². The number of amides is 1. The summed E-state index contributed by atoms with van der Waals surface area (Å²) >= 11 is 13.9. The minimum absolute atomic E-state index is 0.0829. The lowest BCUT2D eigenvalue weighted by Crippen LogP contribution is -2.15. The molecule has 0 bridgehead atoms. The Balaban J connectivity index is 1.68. The fraction of sp³-hybridized carbons (Fsp3) is 0.238. The molecule has 0 aliphatic carbocycles. The second-order valence-corrected chi connectivity index (χ2v) is 8.97. The van der Waals surface area contributed by atoms with Crippen molar-refractivity contribution in [1.29, 1.82) is 0 Å². The molecular formula is C21H20Cl2N2OS. The summed E-state index contributed by atoms with van der Waals surface area (Å²) in [6.07, 6.45) is 0.194. The van der Waals surface area contributed by atoms with Crippen LogP contribution in [0.2, 0.25) is 10.0 Å². The molecule has 140 valence electrons. The third-order valence-electron chi connectivity index (χ3n) is 4.10. The van der Waals surface area contributed by atoms with Gasteiger partial charge < -0.3 is 5.32 Å². The standard InChI is InChI=1S/C21H20Cl2N2OS/c1-21(2,3)13-7-9-14(10-8-13)24-18(26)11-15-12-27-20(25-15)19-16(22)5-4-6-17(19)23/h4-10,12H,11H2,1-3H3,(H,24,26). The van der Waals surface area contributed by atoms with Crippen molar-refractivity contribution >= 4 is 46.1 Å². The van der Waals surface area contributed by atoms with Crippen LogP contribution in [0.4, 0.5) is 5.69 Å². The Kier molecular flexibility index (Phi) is 5.89. The first kappa shape index (κ1) is 19.9. The molecule has 0 radical (unpaired) electrons. The van der Waals surface area contributed by atoms with E-state index in [9.17, 15) is 4.79 Å². The topological polar surface area (TPSA) is 42.0 Å². The minimum Gasteiger partial charge on any atom is -0.326 e. The Morgan fingerprint density at radius 2 is 1.70 bits per heavy atom. The molecule has 1 N–H and O–H groups in total. The van der Waals surface area contributed by atoms with Crippen molar-refractivity contribution in [3.8, 4) is 10.6 Å². The van der Waals surface area contributed by atoms with E-state index >= 15 is 0 Å². The van der Waals surface area contributed by atoms with Gasteiger partial charge >= 0.3 is 0 Å². The van der Waals surface area contributed by atoms with Gasteiger partial charge in [-0.05, 0) is 35.2 Å². The van der Waals surface area contributed by atoms with Gasteiger partial charge in [0.2, 0.25) is 5.91 Å². The lowest BCUT2D eigenvalue weighted by Gasteiger charge is -2.19. The van der Waals surface area contributed by atoms with E-state index in [0.29, 0.717) is 26.3 Å². The van der Waals surface area contributed by atoms with Crippen LogP contribution in [0.15, 0.2) is 47.8 Å². The zero-order valence-electron chi connectivity index (χ0n) is 15.3. The summed E-state index contributed by atoms with van der Waals surface area (Å²) in [5.74, 6) is -0.111. The number of anilines is 1. The Morgan fingerprint density at radius 3 is 2.30 bits per heavy atom. The van der Waals surface area contributed by atoms with Gasteiger partial charge in [-0.2, -0.15) is 0 Å². The third kappa shape index (κ3) is 4.89. The molecule has 3 aromatic rings. The summed E-state index contributed by atoms with van der Waals surface area (Å²) in [6.45, 7) is 6.48. The molecule has 1 heterocycles. The zero-order chi connectivity index (χ0) is 19.6. The highest BCUT2D eigenvalue weighted by atomic mass is 35.5. The summed E-state index contributed by atoms with van der Waals surface area (Å²) in [5.41, 5.74) is 3.48. The monoisotopic (exact) mass is 418 g/mol. The molecule has 0 aliphatic rings. The maximum Gasteiger partial charge on any atom is 0.230 e. The molecule has 3 rings (SSSR count). The van der Waals surface area contributed by atoms with Gasteiger partial charge in [-0.15, -0.1) is 11.3 Å². The van der Waals surface area contributed by atoms with Crippen LogP contribution in [0.5, 0.6) is 0 Å². The van der Waals surface area contributed by atoms with Crippen molar-refractivity contribution in [2.24, 2.45) is 0 Å². The van der Waals surface area contributed by atoms with Crippen LogP contribution in [-0.2, 0) is 16.6 Å². The number of aromatic nitrogens is 1. The lowest BCUT2D eigenvalue weighted by molar-refractivity contribution is -0.115. The molecule has 6 heteroatoms. The molecule has 0 atom stereocenters. The number of hydrogen-bond donors (Lipinski definition) is 1. The van der Waals surface area contributed by atoms with Gasteiger partial charge in [0, 0.05) is 16.6 Å². The van der Waals surface area contributed by atoms with E-state index in [1.807, 2.05) is 29.6 Å². The second-order valence-electron chi connectivity index (χ2n) is 7.29. The minimum atomic E-state index is -0.111. The van der Waals surface area contributed by atoms with Gasteiger partial charge in [0.15, 0.2) is 0 Å². The maximum atomic E-state index is 12.3. The van der Waals surface area contributed by atoms with Crippen molar-refractivity contribution in [1.82, 2.24) is 4.98 Å². The average Bonchev–Trinajstić information content (AvgIpc) is 3.02. The number of thiazole rings is 1. The Labute approximate surface area is 173 Å². The number of benzene rings is 2. The molecule has 0 saturated heterocycles. The van der Waals surface area contributed by atoms with Gasteiger partial charge in [0.25, 0.3) is 0 Å². The van der Waals surface area contributed by atoms with Gasteiger partial charge in [-0.1, -0.05) is 62.2 Å². The molecule has 27 heavy (non-hydrogen) atoms. The summed E-state index contributed by atoms with van der Waals surface area (Å²) in [7, 11) is 0. The Bertz CT molecular complexity index is 939. The van der Waals surface area contributed by atoms with Crippen LogP contribution < -0.4 is 5.32 Å². The first-order chi connectivity index (χ1) is 12.7. The molecule has 0 saturated carbocycles. The largest absolute Gasteiger partial charge is 0.326 e. The number of halogens is 2. The van der Waals surface area contributed by atoms with E-state index in [-0.39, 0.29) is 17.7 Å². The normalized spacial score (nSPS) is 11.4. The van der Waals surface area contributed by atoms with Gasteiger partial charge in [-0.3, -0.25) is 4.79 Å². The molecule has 0 spiro atoms. The third-order valence-corrected chi connectivity index (χ3v) is 5.64. The molecular weight excluding hydrogens is 399 g/mol. The van der Waals surface area contributed by atoms with Crippen LogP contribution in [0.3, 0.4) is 0 Å². The van der Waals surface area contributed by atoms with E-state index in [1.54, 1.807) is 18.2 Å². The SMILES string of the molecule is CC(C)(C)c1ccc(NC(=O)Cc2csc(-c3c(Cl)cccc3Cl)n2)cc1. The zero-order valence-corrected chi connectivity index (χ0v) is 17.7. The number of carbonyl (C=O) groups excluding carboxylic acids is 1. The van der Waals surface area contributed by atoms with Crippen molar-refractivity contribution in [3.05, 3.63) is 69.1 Å². The molecule has 0 fully saturated rings. The highest BCUT2D eigenvalue weighted by Crippen LogP contribution is 2.36. The first-order valence-electron chi connectivity index (χ1n) is 8.53. The number of nitrogens with one attached hydrogen (secondary N) is 1. The summed E-state index contributed by atoms with van der Waals surface area (Å²) in [4.78, 5) is 16.9. The molecule has 1 amide bonds. The van der Waals surface area contributed by atoms with E-state index in [0.717, 1.165) is 5.69 Å². The highest BCUT2D eigenvalue weighted by molar-refractivity contribution is 7.13. The van der Waals surface area contributed by atoms with Crippen molar-refractivity contribution in [2.75, 3.05) is 5.32 Å². The van der Waals surface area contributed by atoms with Gasteiger partial charge in [-0.25, -0.2) is 4.98 Å². The Morgan fingerprint density at radius 1 is 1.07 bits per heavy atom. The number of rotatable bonds is 4. The average molecular weight is 419 g/mol. The number of hydrogen-bond acceptors (Lipinski definition) is 3. The number of carbonyl (C=O) groups is 1. The van der Waals surface area contributed by atoms with E-state index in [4.69, 9.17) is 23.2 Å². The smallest absolute Gasteiger partial charge is 0.230 e. The second kappa shape index (κ2) is 8.01. The van der Waals surface area contributed by atoms with Crippen LogP contribution in [0.1, 0.15) is 32.0 Å². The van der Waals surface area contributed by atoms with Crippen LogP contribution >= 0.6 is 34.5 Å². The molecule has 0 unspecified atom stereocenters. The fourth-order valence-corrected chi connectivity index (χ4v) is 4.21. The molecule has 0 aliphatic heterocycles. The van der Waals surface area contributed by atoms with E-state index in [1.165, 1.54) is 16.9 Å². The van der Waals surface area contributed by atoms with Crippen molar-refractivity contribution < 1.29 is 4.79 Å². The number of nitrogens with zero attached hydrogens (tertiary/aromatic N) is 1. The van der Waals surface area contributed by atoms with Crippen LogP contribution in [0.25, 0.3) is 10.6 Å². The summed E-state index contributed by atoms with van der Waals surface area (Å²) in [6, 6.07) is 13.3. The van der Waals surface area contributed by atoms with Crippen LogP contribution in [-0.4, -0.2) is 10.9 Å². The van der Waals surface area contributed by atoms with Gasteiger partial charge in [0.05, 0.1) is 22.2 Å². The summed E-state index contributed by atoms with van der Waals surface area (Å²) in [5, 5.41) is 6.58. The predicted molar refractivity (Wildman–Crippen MR) is 115 cm³/mol. The quantitative estimate of drug-likeness (QED) is 0.518. The fourth-order valence-electron chi connectivity index (χ4n) is 2.63. The van der Waals surface area contributed by atoms with Crippen LogP contribution in [0, 0.1) is 0 Å². The van der Waals surface area contributed by atoms with E-state index in [2.05, 4.69) is 31.1 Å². The molecule has 3 nitrogen and oxygen atoms in total. The highest BCUT2D eigenvalue weighted by Gasteiger charge is 2.15. The summed E-state index contributed by atoms with van der Waals surface area (Å²) < 4.78 is 0.